The van der Waals surface area contributed by atoms with Crippen molar-refractivity contribution in [2.24, 2.45) is 0 Å². The van der Waals surface area contributed by atoms with Gasteiger partial charge in [-0.15, -0.1) is 0 Å². The van der Waals surface area contributed by atoms with Gasteiger partial charge in [0, 0.05) is 18.7 Å². The van der Waals surface area contributed by atoms with E-state index < -0.39 is 22.6 Å². The molecule has 32 heavy (non-hydrogen) atoms. The largest absolute Gasteiger partial charge is 0.454 e. The van der Waals surface area contributed by atoms with E-state index >= 15 is 0 Å². The van der Waals surface area contributed by atoms with Crippen molar-refractivity contribution >= 4 is 21.8 Å². The summed E-state index contributed by atoms with van der Waals surface area (Å²) in [4.78, 5) is 25.4. The first kappa shape index (κ1) is 24.1. The molecule has 0 atom stereocenters. The van der Waals surface area contributed by atoms with E-state index in [1.54, 1.807) is 13.0 Å². The SMILES string of the molecule is Cc1ccc(C(=O)OCC(=O)c2cc(C)c(C)c(C)c2C)cc1S(=O)(=O)N1CCOCC1. The first-order valence-corrected chi connectivity index (χ1v) is 11.9. The molecule has 2 aromatic rings. The third-order valence-corrected chi connectivity index (χ3v) is 8.17. The molecular weight excluding hydrogens is 430 g/mol. The van der Waals surface area contributed by atoms with Crippen LogP contribution in [0.3, 0.4) is 0 Å². The summed E-state index contributed by atoms with van der Waals surface area (Å²) >= 11 is 0. The van der Waals surface area contributed by atoms with Gasteiger partial charge in [0.2, 0.25) is 15.8 Å². The number of morpholine rings is 1. The smallest absolute Gasteiger partial charge is 0.338 e. The van der Waals surface area contributed by atoms with Crippen LogP contribution in [0.15, 0.2) is 29.2 Å². The minimum atomic E-state index is -3.76. The highest BCUT2D eigenvalue weighted by Gasteiger charge is 2.28. The van der Waals surface area contributed by atoms with Gasteiger partial charge in [-0.05, 0) is 80.6 Å². The number of hydrogen-bond donors (Lipinski definition) is 0. The number of benzene rings is 2. The maximum Gasteiger partial charge on any atom is 0.338 e. The minimum absolute atomic E-state index is 0.0563. The minimum Gasteiger partial charge on any atom is -0.454 e. The summed E-state index contributed by atoms with van der Waals surface area (Å²) < 4.78 is 37.9. The van der Waals surface area contributed by atoms with Crippen molar-refractivity contribution in [3.05, 3.63) is 63.2 Å². The lowest BCUT2D eigenvalue weighted by Crippen LogP contribution is -2.40. The van der Waals surface area contributed by atoms with Gasteiger partial charge in [-0.25, -0.2) is 13.2 Å². The molecule has 1 aliphatic heterocycles. The molecule has 7 nitrogen and oxygen atoms in total. The van der Waals surface area contributed by atoms with Crippen molar-refractivity contribution in [2.75, 3.05) is 32.9 Å². The van der Waals surface area contributed by atoms with E-state index in [2.05, 4.69) is 0 Å². The third kappa shape index (κ3) is 4.77. The van der Waals surface area contributed by atoms with Crippen LogP contribution in [-0.4, -0.2) is 57.4 Å². The van der Waals surface area contributed by atoms with Gasteiger partial charge < -0.3 is 9.47 Å². The van der Waals surface area contributed by atoms with E-state index in [4.69, 9.17) is 9.47 Å². The number of hydrogen-bond acceptors (Lipinski definition) is 6. The highest BCUT2D eigenvalue weighted by atomic mass is 32.2. The number of carbonyl (C=O) groups excluding carboxylic acids is 2. The van der Waals surface area contributed by atoms with E-state index in [9.17, 15) is 18.0 Å². The lowest BCUT2D eigenvalue weighted by atomic mass is 9.93. The molecule has 1 heterocycles. The van der Waals surface area contributed by atoms with Crippen LogP contribution < -0.4 is 0 Å². The molecule has 8 heteroatoms. The molecule has 0 spiro atoms. The van der Waals surface area contributed by atoms with E-state index in [0.717, 1.165) is 22.3 Å². The lowest BCUT2D eigenvalue weighted by Gasteiger charge is -2.26. The highest BCUT2D eigenvalue weighted by molar-refractivity contribution is 7.89. The molecule has 0 bridgehead atoms. The Labute approximate surface area is 189 Å². The third-order valence-electron chi connectivity index (χ3n) is 6.13. The summed E-state index contributed by atoms with van der Waals surface area (Å²) in [6, 6.07) is 6.21. The van der Waals surface area contributed by atoms with Gasteiger partial charge in [-0.3, -0.25) is 4.79 Å². The van der Waals surface area contributed by atoms with Crippen LogP contribution >= 0.6 is 0 Å². The molecule has 0 aromatic heterocycles. The quantitative estimate of drug-likeness (QED) is 0.486. The molecule has 1 saturated heterocycles. The number of sulfonamides is 1. The average molecular weight is 460 g/mol. The van der Waals surface area contributed by atoms with Gasteiger partial charge in [0.1, 0.15) is 0 Å². The maximum atomic E-state index is 13.0. The molecule has 1 aliphatic rings. The monoisotopic (exact) mass is 459 g/mol. The zero-order valence-corrected chi connectivity index (χ0v) is 20.0. The van der Waals surface area contributed by atoms with Gasteiger partial charge in [-0.2, -0.15) is 4.31 Å². The Morgan fingerprint density at radius 2 is 1.59 bits per heavy atom. The second kappa shape index (κ2) is 9.52. The Morgan fingerprint density at radius 1 is 0.938 bits per heavy atom. The summed E-state index contributed by atoms with van der Waals surface area (Å²) in [5.74, 6) is -1.04. The number of ketones is 1. The van der Waals surface area contributed by atoms with Gasteiger partial charge in [0.25, 0.3) is 0 Å². The van der Waals surface area contributed by atoms with E-state index in [1.807, 2.05) is 33.8 Å². The summed E-state index contributed by atoms with van der Waals surface area (Å²) in [5, 5.41) is 0. The molecule has 0 N–H and O–H groups in total. The molecule has 0 aliphatic carbocycles. The number of nitrogens with zero attached hydrogens (tertiary/aromatic N) is 1. The predicted molar refractivity (Wildman–Crippen MR) is 121 cm³/mol. The van der Waals surface area contributed by atoms with Crippen LogP contribution in [0.2, 0.25) is 0 Å². The van der Waals surface area contributed by atoms with Gasteiger partial charge >= 0.3 is 5.97 Å². The topological polar surface area (TPSA) is 90.0 Å². The molecule has 2 aromatic carbocycles. The molecule has 1 fully saturated rings. The van der Waals surface area contributed by atoms with Crippen LogP contribution in [0.1, 0.15) is 48.5 Å². The molecule has 0 unspecified atom stereocenters. The molecular formula is C24H29NO6S. The first-order valence-electron chi connectivity index (χ1n) is 10.5. The Morgan fingerprint density at radius 3 is 2.25 bits per heavy atom. The molecule has 0 amide bonds. The highest BCUT2D eigenvalue weighted by Crippen LogP contribution is 2.24. The Balaban J connectivity index is 1.78. The second-order valence-corrected chi connectivity index (χ2v) is 10.0. The second-order valence-electron chi connectivity index (χ2n) is 8.11. The molecule has 3 rings (SSSR count). The van der Waals surface area contributed by atoms with Crippen LogP contribution in [0.5, 0.6) is 0 Å². The van der Waals surface area contributed by atoms with Crippen molar-refractivity contribution in [1.82, 2.24) is 4.31 Å². The fourth-order valence-corrected chi connectivity index (χ4v) is 5.38. The number of rotatable bonds is 6. The van der Waals surface area contributed by atoms with Crippen molar-refractivity contribution in [3.8, 4) is 0 Å². The van der Waals surface area contributed by atoms with Gasteiger partial charge in [0.15, 0.2) is 6.61 Å². The summed E-state index contributed by atoms with van der Waals surface area (Å²) in [6.07, 6.45) is 0. The predicted octanol–water partition coefficient (Wildman–Crippen LogP) is 3.29. The van der Waals surface area contributed by atoms with Crippen LogP contribution in [0, 0.1) is 34.6 Å². The summed E-state index contributed by atoms with van der Waals surface area (Å²) in [7, 11) is -3.76. The normalized spacial score (nSPS) is 14.9. The lowest BCUT2D eigenvalue weighted by molar-refractivity contribution is 0.0474. The Bertz CT molecular complexity index is 1160. The Kier molecular flexibility index (Phi) is 7.17. The van der Waals surface area contributed by atoms with Crippen molar-refractivity contribution in [1.29, 1.82) is 0 Å². The molecule has 172 valence electrons. The number of aryl methyl sites for hydroxylation is 2. The van der Waals surface area contributed by atoms with Crippen LogP contribution in [0.4, 0.5) is 0 Å². The van der Waals surface area contributed by atoms with E-state index in [1.165, 1.54) is 16.4 Å². The number of carbonyl (C=O) groups is 2. The Hall–Kier alpha value is -2.55. The van der Waals surface area contributed by atoms with E-state index in [0.29, 0.717) is 24.3 Å². The standard InChI is InChI=1S/C24H29NO6S/c1-15-6-7-20(13-23(15)32(28,29)25-8-10-30-11-9-25)24(27)31-14-22(26)21-12-16(2)17(3)18(4)19(21)5/h6-7,12-13H,8-11,14H2,1-5H3. The number of ether oxygens (including phenoxy) is 2. The van der Waals surface area contributed by atoms with Gasteiger partial charge in [0.05, 0.1) is 23.7 Å². The van der Waals surface area contributed by atoms with Gasteiger partial charge in [-0.1, -0.05) is 6.07 Å². The zero-order valence-electron chi connectivity index (χ0n) is 19.1. The van der Waals surface area contributed by atoms with E-state index in [-0.39, 0.29) is 29.3 Å². The van der Waals surface area contributed by atoms with Crippen LogP contribution in [0.25, 0.3) is 0 Å². The average Bonchev–Trinajstić information content (AvgIpc) is 2.79. The number of esters is 1. The summed E-state index contributed by atoms with van der Waals surface area (Å²) in [5.41, 5.74) is 5.18. The van der Waals surface area contributed by atoms with Crippen molar-refractivity contribution in [2.45, 2.75) is 39.5 Å². The zero-order chi connectivity index (χ0) is 23.6. The maximum absolute atomic E-state index is 13.0. The summed E-state index contributed by atoms with van der Waals surface area (Å²) in [6.45, 7) is 10.2. The first-order chi connectivity index (χ1) is 15.0. The fourth-order valence-electron chi connectivity index (χ4n) is 3.72. The molecule has 0 saturated carbocycles. The van der Waals surface area contributed by atoms with Crippen molar-refractivity contribution in [3.63, 3.8) is 0 Å². The fraction of sp³-hybridized carbons (Fsp3) is 0.417. The van der Waals surface area contributed by atoms with Crippen molar-refractivity contribution < 1.29 is 27.5 Å². The van der Waals surface area contributed by atoms with Crippen LogP contribution in [-0.2, 0) is 19.5 Å². The molecule has 0 radical (unpaired) electrons. The number of Topliss-reactive ketones (excluding diaryl/α,β-unsaturated/α-hetero) is 1.